The summed E-state index contributed by atoms with van der Waals surface area (Å²) in [5.74, 6) is 0.408. The molecule has 0 bridgehead atoms. The molecule has 0 unspecified atom stereocenters. The van der Waals surface area contributed by atoms with Crippen LogP contribution in [0.15, 0.2) is 47.1 Å². The number of benzene rings is 1. The van der Waals surface area contributed by atoms with E-state index >= 15 is 0 Å². The maximum Gasteiger partial charge on any atom is 0.289 e. The average molecular weight is 375 g/mol. The van der Waals surface area contributed by atoms with Gasteiger partial charge in [0.2, 0.25) is 5.91 Å². The van der Waals surface area contributed by atoms with Crippen LogP contribution in [0.4, 0.5) is 0 Å². The van der Waals surface area contributed by atoms with Crippen molar-refractivity contribution in [3.63, 3.8) is 0 Å². The van der Waals surface area contributed by atoms with E-state index in [0.717, 1.165) is 24.3 Å². The molecule has 5 nitrogen and oxygen atoms in total. The molecule has 2 aromatic rings. The summed E-state index contributed by atoms with van der Waals surface area (Å²) in [6, 6.07) is 11.1. The van der Waals surface area contributed by atoms with Gasteiger partial charge in [-0.05, 0) is 49.1 Å². The Morgan fingerprint density at radius 2 is 1.73 bits per heavy atom. The lowest BCUT2D eigenvalue weighted by atomic mass is 10.1. The molecule has 0 N–H and O–H groups in total. The van der Waals surface area contributed by atoms with Gasteiger partial charge in [0.25, 0.3) is 5.91 Å². The van der Waals surface area contributed by atoms with Crippen molar-refractivity contribution in [2.24, 2.45) is 0 Å². The van der Waals surface area contributed by atoms with Gasteiger partial charge in [-0.1, -0.05) is 23.7 Å². The van der Waals surface area contributed by atoms with Crippen LogP contribution in [0.25, 0.3) is 0 Å². The number of aryl methyl sites for hydroxylation is 1. The minimum Gasteiger partial charge on any atom is -0.459 e. The largest absolute Gasteiger partial charge is 0.459 e. The van der Waals surface area contributed by atoms with E-state index in [1.165, 1.54) is 11.8 Å². The summed E-state index contributed by atoms with van der Waals surface area (Å²) in [7, 11) is 0. The van der Waals surface area contributed by atoms with Crippen LogP contribution in [0, 0.1) is 0 Å². The van der Waals surface area contributed by atoms with Crippen LogP contribution in [-0.2, 0) is 11.2 Å². The molecule has 2 amide bonds. The van der Waals surface area contributed by atoms with Gasteiger partial charge in [-0.2, -0.15) is 0 Å². The SMILES string of the molecule is O=C(CCCc1ccc(Cl)cc1)N1CCCN(C(=O)c2ccco2)CC1. The van der Waals surface area contributed by atoms with Crippen LogP contribution < -0.4 is 0 Å². The summed E-state index contributed by atoms with van der Waals surface area (Å²) in [6.07, 6.45) is 4.48. The van der Waals surface area contributed by atoms with Gasteiger partial charge in [0.15, 0.2) is 5.76 Å². The van der Waals surface area contributed by atoms with E-state index in [1.54, 1.807) is 17.0 Å². The average Bonchev–Trinajstić information content (AvgIpc) is 3.07. The van der Waals surface area contributed by atoms with Crippen molar-refractivity contribution < 1.29 is 14.0 Å². The zero-order valence-electron chi connectivity index (χ0n) is 14.7. The van der Waals surface area contributed by atoms with Crippen molar-refractivity contribution in [3.05, 3.63) is 59.0 Å². The normalized spacial score (nSPS) is 15.0. The van der Waals surface area contributed by atoms with Gasteiger partial charge in [-0.15, -0.1) is 0 Å². The maximum atomic E-state index is 12.5. The summed E-state index contributed by atoms with van der Waals surface area (Å²) in [5, 5.41) is 0.725. The molecule has 138 valence electrons. The molecular weight excluding hydrogens is 352 g/mol. The molecule has 1 aromatic carbocycles. The Balaban J connectivity index is 1.45. The number of hydrogen-bond acceptors (Lipinski definition) is 3. The molecule has 6 heteroatoms. The second-order valence-corrected chi connectivity index (χ2v) is 6.92. The quantitative estimate of drug-likeness (QED) is 0.803. The molecule has 0 saturated carbocycles. The third kappa shape index (κ3) is 4.88. The predicted octanol–water partition coefficient (Wildman–Crippen LogP) is 3.63. The fraction of sp³-hybridized carbons (Fsp3) is 0.400. The number of nitrogens with zero attached hydrogens (tertiary/aromatic N) is 2. The highest BCUT2D eigenvalue weighted by Crippen LogP contribution is 2.14. The standard InChI is InChI=1S/C20H23ClN2O3/c21-17-9-7-16(8-10-17)4-1-6-19(24)22-11-3-12-23(14-13-22)20(25)18-5-2-15-26-18/h2,5,7-10,15H,1,3-4,6,11-14H2. The van der Waals surface area contributed by atoms with Gasteiger partial charge in [0.05, 0.1) is 6.26 Å². The van der Waals surface area contributed by atoms with Gasteiger partial charge in [-0.3, -0.25) is 9.59 Å². The van der Waals surface area contributed by atoms with E-state index in [4.69, 9.17) is 16.0 Å². The third-order valence-electron chi connectivity index (χ3n) is 4.64. The lowest BCUT2D eigenvalue weighted by molar-refractivity contribution is -0.131. The van der Waals surface area contributed by atoms with Crippen molar-refractivity contribution in [2.75, 3.05) is 26.2 Å². The minimum absolute atomic E-state index is 0.105. The molecule has 0 spiro atoms. The number of rotatable bonds is 5. The monoisotopic (exact) mass is 374 g/mol. The second-order valence-electron chi connectivity index (χ2n) is 6.48. The number of halogens is 1. The molecule has 2 heterocycles. The Kier molecular flexibility index (Phi) is 6.34. The fourth-order valence-corrected chi connectivity index (χ4v) is 3.30. The number of amides is 2. The highest BCUT2D eigenvalue weighted by atomic mass is 35.5. The van der Waals surface area contributed by atoms with Crippen LogP contribution in [0.5, 0.6) is 0 Å². The predicted molar refractivity (Wildman–Crippen MR) is 100 cm³/mol. The molecule has 1 aromatic heterocycles. The molecular formula is C20H23ClN2O3. The Morgan fingerprint density at radius 1 is 1.00 bits per heavy atom. The maximum absolute atomic E-state index is 12.5. The molecule has 1 aliphatic rings. The van der Waals surface area contributed by atoms with E-state index in [-0.39, 0.29) is 11.8 Å². The van der Waals surface area contributed by atoms with Crippen molar-refractivity contribution >= 4 is 23.4 Å². The van der Waals surface area contributed by atoms with Gasteiger partial charge < -0.3 is 14.2 Å². The molecule has 0 atom stereocenters. The first-order valence-corrected chi connectivity index (χ1v) is 9.36. The van der Waals surface area contributed by atoms with E-state index in [2.05, 4.69) is 0 Å². The van der Waals surface area contributed by atoms with Gasteiger partial charge in [-0.25, -0.2) is 0 Å². The summed E-state index contributed by atoms with van der Waals surface area (Å²) in [4.78, 5) is 28.5. The smallest absolute Gasteiger partial charge is 0.289 e. The molecule has 1 saturated heterocycles. The minimum atomic E-state index is -0.105. The molecule has 0 radical (unpaired) electrons. The van der Waals surface area contributed by atoms with Crippen LogP contribution in [0.3, 0.4) is 0 Å². The molecule has 26 heavy (non-hydrogen) atoms. The first kappa shape index (κ1) is 18.5. The molecule has 0 aliphatic carbocycles. The van der Waals surface area contributed by atoms with E-state index in [1.807, 2.05) is 29.2 Å². The van der Waals surface area contributed by atoms with E-state index in [9.17, 15) is 9.59 Å². The first-order valence-electron chi connectivity index (χ1n) is 8.98. The van der Waals surface area contributed by atoms with Crippen molar-refractivity contribution in [2.45, 2.75) is 25.7 Å². The highest BCUT2D eigenvalue weighted by Gasteiger charge is 2.23. The summed E-state index contributed by atoms with van der Waals surface area (Å²) in [5.41, 5.74) is 1.19. The van der Waals surface area contributed by atoms with Crippen molar-refractivity contribution in [1.29, 1.82) is 0 Å². The Bertz CT molecular complexity index is 728. The molecule has 1 fully saturated rings. The highest BCUT2D eigenvalue weighted by molar-refractivity contribution is 6.30. The summed E-state index contributed by atoms with van der Waals surface area (Å²) < 4.78 is 5.19. The van der Waals surface area contributed by atoms with E-state index in [0.29, 0.717) is 38.4 Å². The van der Waals surface area contributed by atoms with Gasteiger partial charge in [0, 0.05) is 37.6 Å². The zero-order valence-corrected chi connectivity index (χ0v) is 15.5. The third-order valence-corrected chi connectivity index (χ3v) is 4.89. The summed E-state index contributed by atoms with van der Waals surface area (Å²) >= 11 is 5.89. The molecule has 3 rings (SSSR count). The second kappa shape index (κ2) is 8.90. The molecule has 1 aliphatic heterocycles. The van der Waals surface area contributed by atoms with Gasteiger partial charge in [0.1, 0.15) is 0 Å². The topological polar surface area (TPSA) is 53.8 Å². The number of hydrogen-bond donors (Lipinski definition) is 0. The number of carbonyl (C=O) groups is 2. The number of furan rings is 1. The zero-order chi connectivity index (χ0) is 18.4. The van der Waals surface area contributed by atoms with E-state index < -0.39 is 0 Å². The van der Waals surface area contributed by atoms with Crippen LogP contribution in [-0.4, -0.2) is 47.8 Å². The fourth-order valence-electron chi connectivity index (χ4n) is 3.18. The van der Waals surface area contributed by atoms with Crippen LogP contribution in [0.2, 0.25) is 5.02 Å². The van der Waals surface area contributed by atoms with Crippen LogP contribution >= 0.6 is 11.6 Å². The van der Waals surface area contributed by atoms with Crippen LogP contribution in [0.1, 0.15) is 35.4 Å². The first-order chi connectivity index (χ1) is 12.6. The Hall–Kier alpha value is -2.27. The lowest BCUT2D eigenvalue weighted by Gasteiger charge is -2.21. The summed E-state index contributed by atoms with van der Waals surface area (Å²) in [6.45, 7) is 2.46. The van der Waals surface area contributed by atoms with Crippen molar-refractivity contribution in [1.82, 2.24) is 9.80 Å². The Morgan fingerprint density at radius 3 is 2.46 bits per heavy atom. The Labute approximate surface area is 158 Å². The van der Waals surface area contributed by atoms with Gasteiger partial charge >= 0.3 is 0 Å². The van der Waals surface area contributed by atoms with Crippen molar-refractivity contribution in [3.8, 4) is 0 Å². The lowest BCUT2D eigenvalue weighted by Crippen LogP contribution is -2.37. The number of carbonyl (C=O) groups excluding carboxylic acids is 2.